The van der Waals surface area contributed by atoms with Crippen LogP contribution in [-0.4, -0.2) is 32.3 Å². The molecule has 2 aromatic rings. The molecule has 0 heterocycles. The molecule has 0 aliphatic heterocycles. The lowest BCUT2D eigenvalue weighted by Crippen LogP contribution is -2.31. The number of rotatable bonds is 7. The quantitative estimate of drug-likeness (QED) is 0.825. The largest absolute Gasteiger partial charge is 0.339 e. The Kier molecular flexibility index (Phi) is 6.33. The van der Waals surface area contributed by atoms with Crippen molar-refractivity contribution in [2.75, 3.05) is 13.1 Å². The second-order valence-electron chi connectivity index (χ2n) is 5.77. The zero-order chi connectivity index (χ0) is 18.4. The SMILES string of the molecule is CCN(CC)C(=O)c1ccc(C)c(S(=O)(=O)NCc2ccccc2)c1. The van der Waals surface area contributed by atoms with Crippen molar-refractivity contribution in [3.05, 3.63) is 65.2 Å². The average Bonchev–Trinajstić information content (AvgIpc) is 2.62. The summed E-state index contributed by atoms with van der Waals surface area (Å²) in [6.07, 6.45) is 0. The van der Waals surface area contributed by atoms with Crippen LogP contribution in [0.15, 0.2) is 53.4 Å². The molecular weight excluding hydrogens is 336 g/mol. The van der Waals surface area contributed by atoms with Gasteiger partial charge in [0.25, 0.3) is 5.91 Å². The number of sulfonamides is 1. The number of hydrogen-bond acceptors (Lipinski definition) is 3. The molecule has 0 aromatic heterocycles. The Morgan fingerprint density at radius 2 is 1.68 bits per heavy atom. The van der Waals surface area contributed by atoms with Gasteiger partial charge in [0.2, 0.25) is 10.0 Å². The van der Waals surface area contributed by atoms with Crippen molar-refractivity contribution in [3.63, 3.8) is 0 Å². The van der Waals surface area contributed by atoms with Crippen LogP contribution in [0.5, 0.6) is 0 Å². The number of aryl methyl sites for hydroxylation is 1. The summed E-state index contributed by atoms with van der Waals surface area (Å²) in [7, 11) is -3.71. The standard InChI is InChI=1S/C19H24N2O3S/c1-4-21(5-2)19(22)17-12-11-15(3)18(13-17)25(23,24)20-14-16-9-7-6-8-10-16/h6-13,20H,4-5,14H2,1-3H3. The number of amides is 1. The fourth-order valence-electron chi connectivity index (χ4n) is 2.57. The van der Waals surface area contributed by atoms with Crippen LogP contribution < -0.4 is 4.72 Å². The Morgan fingerprint density at radius 1 is 1.04 bits per heavy atom. The van der Waals surface area contributed by atoms with Gasteiger partial charge in [-0.25, -0.2) is 13.1 Å². The third kappa shape index (κ3) is 4.67. The van der Waals surface area contributed by atoms with Gasteiger partial charge in [-0.15, -0.1) is 0 Å². The molecular formula is C19H24N2O3S. The van der Waals surface area contributed by atoms with E-state index in [-0.39, 0.29) is 17.3 Å². The maximum atomic E-state index is 12.7. The number of carbonyl (C=O) groups is 1. The summed E-state index contributed by atoms with van der Waals surface area (Å²) >= 11 is 0. The van der Waals surface area contributed by atoms with Crippen LogP contribution in [-0.2, 0) is 16.6 Å². The zero-order valence-electron chi connectivity index (χ0n) is 14.8. The van der Waals surface area contributed by atoms with E-state index >= 15 is 0 Å². The van der Waals surface area contributed by atoms with Crippen LogP contribution in [0.25, 0.3) is 0 Å². The van der Waals surface area contributed by atoms with Gasteiger partial charge in [-0.05, 0) is 44.0 Å². The van der Waals surface area contributed by atoms with Gasteiger partial charge in [-0.1, -0.05) is 36.4 Å². The van der Waals surface area contributed by atoms with E-state index in [2.05, 4.69) is 4.72 Å². The van der Waals surface area contributed by atoms with Crippen molar-refractivity contribution in [1.29, 1.82) is 0 Å². The van der Waals surface area contributed by atoms with Crippen molar-refractivity contribution in [2.45, 2.75) is 32.2 Å². The van der Waals surface area contributed by atoms with E-state index in [0.717, 1.165) is 5.56 Å². The number of nitrogens with zero attached hydrogens (tertiary/aromatic N) is 1. The smallest absolute Gasteiger partial charge is 0.253 e. The minimum atomic E-state index is -3.71. The van der Waals surface area contributed by atoms with E-state index in [9.17, 15) is 13.2 Å². The fourth-order valence-corrected chi connectivity index (χ4v) is 3.85. The first-order valence-corrected chi connectivity index (χ1v) is 9.80. The van der Waals surface area contributed by atoms with Crippen LogP contribution in [0.1, 0.15) is 35.3 Å². The van der Waals surface area contributed by atoms with E-state index < -0.39 is 10.0 Å². The predicted molar refractivity (Wildman–Crippen MR) is 98.9 cm³/mol. The number of benzene rings is 2. The molecule has 1 N–H and O–H groups in total. The maximum absolute atomic E-state index is 12.7. The normalized spacial score (nSPS) is 11.3. The Hall–Kier alpha value is -2.18. The molecule has 0 atom stereocenters. The van der Waals surface area contributed by atoms with E-state index in [0.29, 0.717) is 24.2 Å². The Balaban J connectivity index is 2.28. The van der Waals surface area contributed by atoms with Crippen LogP contribution in [0.3, 0.4) is 0 Å². The molecule has 134 valence electrons. The molecule has 5 nitrogen and oxygen atoms in total. The third-order valence-corrected chi connectivity index (χ3v) is 5.63. The first-order chi connectivity index (χ1) is 11.9. The highest BCUT2D eigenvalue weighted by atomic mass is 32.2. The molecule has 0 unspecified atom stereocenters. The molecule has 0 fully saturated rings. The summed E-state index contributed by atoms with van der Waals surface area (Å²) in [5.74, 6) is -0.162. The van der Waals surface area contributed by atoms with Crippen molar-refractivity contribution in [2.24, 2.45) is 0 Å². The zero-order valence-corrected chi connectivity index (χ0v) is 15.6. The van der Waals surface area contributed by atoms with Crippen LogP contribution in [0.4, 0.5) is 0 Å². The van der Waals surface area contributed by atoms with Crippen LogP contribution in [0, 0.1) is 6.92 Å². The highest BCUT2D eigenvalue weighted by Crippen LogP contribution is 2.19. The predicted octanol–water partition coefficient (Wildman–Crippen LogP) is 2.96. The molecule has 6 heteroatoms. The van der Waals surface area contributed by atoms with E-state index in [1.54, 1.807) is 24.0 Å². The lowest BCUT2D eigenvalue weighted by Gasteiger charge is -2.19. The van der Waals surface area contributed by atoms with Crippen molar-refractivity contribution >= 4 is 15.9 Å². The second-order valence-corrected chi connectivity index (χ2v) is 7.50. The molecule has 25 heavy (non-hydrogen) atoms. The van der Waals surface area contributed by atoms with Gasteiger partial charge in [-0.2, -0.15) is 0 Å². The number of hydrogen-bond donors (Lipinski definition) is 1. The Labute approximate surface area is 149 Å². The molecule has 0 bridgehead atoms. The fraction of sp³-hybridized carbons (Fsp3) is 0.316. The van der Waals surface area contributed by atoms with Gasteiger partial charge in [-0.3, -0.25) is 4.79 Å². The number of carbonyl (C=O) groups excluding carboxylic acids is 1. The molecule has 0 spiro atoms. The van der Waals surface area contributed by atoms with Crippen LogP contribution in [0.2, 0.25) is 0 Å². The molecule has 1 amide bonds. The van der Waals surface area contributed by atoms with Gasteiger partial charge in [0.15, 0.2) is 0 Å². The van der Waals surface area contributed by atoms with Gasteiger partial charge >= 0.3 is 0 Å². The topological polar surface area (TPSA) is 66.5 Å². The van der Waals surface area contributed by atoms with Gasteiger partial charge in [0, 0.05) is 25.2 Å². The van der Waals surface area contributed by atoms with Crippen molar-refractivity contribution in [1.82, 2.24) is 9.62 Å². The average molecular weight is 360 g/mol. The summed E-state index contributed by atoms with van der Waals surface area (Å²) in [5.41, 5.74) is 1.87. The summed E-state index contributed by atoms with van der Waals surface area (Å²) in [6.45, 7) is 6.89. The summed E-state index contributed by atoms with van der Waals surface area (Å²) < 4.78 is 28.0. The van der Waals surface area contributed by atoms with E-state index in [1.807, 2.05) is 44.2 Å². The molecule has 2 rings (SSSR count). The van der Waals surface area contributed by atoms with Gasteiger partial charge in [0.1, 0.15) is 0 Å². The molecule has 0 saturated carbocycles. The molecule has 0 saturated heterocycles. The van der Waals surface area contributed by atoms with Crippen LogP contribution >= 0.6 is 0 Å². The van der Waals surface area contributed by atoms with Crippen molar-refractivity contribution < 1.29 is 13.2 Å². The first-order valence-electron chi connectivity index (χ1n) is 8.32. The second kappa shape index (κ2) is 8.27. The van der Waals surface area contributed by atoms with Gasteiger partial charge in [0.05, 0.1) is 4.90 Å². The monoisotopic (exact) mass is 360 g/mol. The Bertz CT molecular complexity index is 829. The minimum Gasteiger partial charge on any atom is -0.339 e. The first kappa shape index (κ1) is 19.1. The summed E-state index contributed by atoms with van der Waals surface area (Å²) in [4.78, 5) is 14.3. The third-order valence-electron chi connectivity index (χ3n) is 4.08. The molecule has 0 aliphatic rings. The molecule has 0 radical (unpaired) electrons. The minimum absolute atomic E-state index is 0.140. The van der Waals surface area contributed by atoms with Crippen molar-refractivity contribution in [3.8, 4) is 0 Å². The number of nitrogens with one attached hydrogen (secondary N) is 1. The lowest BCUT2D eigenvalue weighted by atomic mass is 10.1. The molecule has 2 aromatic carbocycles. The molecule has 0 aliphatic carbocycles. The van der Waals surface area contributed by atoms with Gasteiger partial charge < -0.3 is 4.90 Å². The van der Waals surface area contributed by atoms with E-state index in [1.165, 1.54) is 6.07 Å². The highest BCUT2D eigenvalue weighted by Gasteiger charge is 2.20. The lowest BCUT2D eigenvalue weighted by molar-refractivity contribution is 0.0772. The maximum Gasteiger partial charge on any atom is 0.253 e. The highest BCUT2D eigenvalue weighted by molar-refractivity contribution is 7.89. The summed E-state index contributed by atoms with van der Waals surface area (Å²) in [6, 6.07) is 14.1. The Morgan fingerprint density at radius 3 is 2.28 bits per heavy atom. The van der Waals surface area contributed by atoms with E-state index in [4.69, 9.17) is 0 Å². The summed E-state index contributed by atoms with van der Waals surface area (Å²) in [5, 5.41) is 0.